The standard InChI is InChI=1S/C16H21Cl2NO/c1-4-10-7-11(16(10,2)3)8-15(20)19-12-5-6-13(17)14(18)9-12/h5-6,9-11H,4,7-8H2,1-3H3,(H,19,20)/t10-,11+/m1/s1. The third-order valence-corrected chi connectivity index (χ3v) is 5.54. The van der Waals surface area contributed by atoms with Crippen LogP contribution in [-0.2, 0) is 4.79 Å². The summed E-state index contributed by atoms with van der Waals surface area (Å²) in [4.78, 5) is 12.1. The Balaban J connectivity index is 1.92. The summed E-state index contributed by atoms with van der Waals surface area (Å²) in [5.74, 6) is 1.26. The van der Waals surface area contributed by atoms with E-state index in [4.69, 9.17) is 23.2 Å². The summed E-state index contributed by atoms with van der Waals surface area (Å²) < 4.78 is 0. The van der Waals surface area contributed by atoms with Crippen LogP contribution < -0.4 is 5.32 Å². The van der Waals surface area contributed by atoms with Gasteiger partial charge in [0.05, 0.1) is 10.0 Å². The van der Waals surface area contributed by atoms with Gasteiger partial charge in [0, 0.05) is 12.1 Å². The molecule has 2 atom stereocenters. The van der Waals surface area contributed by atoms with Gasteiger partial charge in [-0.05, 0) is 41.9 Å². The van der Waals surface area contributed by atoms with E-state index >= 15 is 0 Å². The number of nitrogens with one attached hydrogen (secondary N) is 1. The van der Waals surface area contributed by atoms with E-state index in [0.717, 1.165) is 12.3 Å². The van der Waals surface area contributed by atoms with E-state index < -0.39 is 0 Å². The lowest BCUT2D eigenvalue weighted by molar-refractivity contribution is -0.122. The van der Waals surface area contributed by atoms with Gasteiger partial charge in [-0.15, -0.1) is 0 Å². The number of hydrogen-bond acceptors (Lipinski definition) is 1. The second-order valence-corrected chi connectivity index (χ2v) is 7.05. The van der Waals surface area contributed by atoms with Crippen LogP contribution in [0.4, 0.5) is 5.69 Å². The predicted octanol–water partition coefficient (Wildman–Crippen LogP) is 5.39. The molecule has 1 amide bonds. The van der Waals surface area contributed by atoms with Gasteiger partial charge in [-0.25, -0.2) is 0 Å². The quantitative estimate of drug-likeness (QED) is 0.792. The molecule has 2 rings (SSSR count). The lowest BCUT2D eigenvalue weighted by atomic mass is 9.53. The van der Waals surface area contributed by atoms with Crippen molar-refractivity contribution >= 4 is 34.8 Å². The summed E-state index contributed by atoms with van der Waals surface area (Å²) in [7, 11) is 0. The van der Waals surface area contributed by atoms with E-state index in [1.807, 2.05) is 0 Å². The molecule has 0 radical (unpaired) electrons. The minimum absolute atomic E-state index is 0.0519. The fourth-order valence-electron chi connectivity index (χ4n) is 3.17. The second-order valence-electron chi connectivity index (χ2n) is 6.24. The van der Waals surface area contributed by atoms with E-state index in [2.05, 4.69) is 26.1 Å². The molecule has 2 nitrogen and oxygen atoms in total. The van der Waals surface area contributed by atoms with Gasteiger partial charge < -0.3 is 5.32 Å². The van der Waals surface area contributed by atoms with E-state index in [1.54, 1.807) is 18.2 Å². The van der Waals surface area contributed by atoms with Gasteiger partial charge >= 0.3 is 0 Å². The number of halogens is 2. The van der Waals surface area contributed by atoms with Crippen molar-refractivity contribution in [2.75, 3.05) is 5.32 Å². The number of carbonyl (C=O) groups is 1. The molecule has 110 valence electrons. The number of rotatable bonds is 4. The Morgan fingerprint density at radius 1 is 1.30 bits per heavy atom. The van der Waals surface area contributed by atoms with Crippen LogP contribution in [0.1, 0.15) is 40.0 Å². The molecule has 1 aliphatic rings. The number of benzene rings is 1. The largest absolute Gasteiger partial charge is 0.326 e. The zero-order valence-corrected chi connectivity index (χ0v) is 13.7. The van der Waals surface area contributed by atoms with Crippen molar-refractivity contribution in [2.24, 2.45) is 17.3 Å². The number of anilines is 1. The summed E-state index contributed by atoms with van der Waals surface area (Å²) in [6.45, 7) is 6.75. The van der Waals surface area contributed by atoms with Crippen molar-refractivity contribution in [3.8, 4) is 0 Å². The Labute approximate surface area is 130 Å². The first-order valence-corrected chi connectivity index (χ1v) is 7.85. The molecule has 0 saturated heterocycles. The highest BCUT2D eigenvalue weighted by molar-refractivity contribution is 6.42. The Morgan fingerprint density at radius 2 is 2.00 bits per heavy atom. The molecule has 0 bridgehead atoms. The van der Waals surface area contributed by atoms with Crippen molar-refractivity contribution < 1.29 is 4.79 Å². The maximum Gasteiger partial charge on any atom is 0.224 e. The van der Waals surface area contributed by atoms with Crippen LogP contribution in [0.5, 0.6) is 0 Å². The molecule has 0 spiro atoms. The Hall–Kier alpha value is -0.730. The van der Waals surface area contributed by atoms with E-state index in [1.165, 1.54) is 6.42 Å². The fraction of sp³-hybridized carbons (Fsp3) is 0.562. The van der Waals surface area contributed by atoms with Crippen LogP contribution >= 0.6 is 23.2 Å². The maximum absolute atomic E-state index is 12.1. The van der Waals surface area contributed by atoms with Gasteiger partial charge in [0.1, 0.15) is 0 Å². The first-order chi connectivity index (χ1) is 9.34. The topological polar surface area (TPSA) is 29.1 Å². The Kier molecular flexibility index (Phi) is 4.66. The van der Waals surface area contributed by atoms with Crippen LogP contribution in [0.15, 0.2) is 18.2 Å². The highest BCUT2D eigenvalue weighted by Gasteiger charge is 2.47. The maximum atomic E-state index is 12.1. The summed E-state index contributed by atoms with van der Waals surface area (Å²) >= 11 is 11.8. The van der Waals surface area contributed by atoms with Crippen molar-refractivity contribution in [3.63, 3.8) is 0 Å². The van der Waals surface area contributed by atoms with Crippen LogP contribution in [-0.4, -0.2) is 5.91 Å². The molecule has 0 aromatic heterocycles. The molecule has 4 heteroatoms. The van der Waals surface area contributed by atoms with Crippen molar-refractivity contribution in [1.29, 1.82) is 0 Å². The van der Waals surface area contributed by atoms with Gasteiger partial charge in [-0.1, -0.05) is 50.4 Å². The van der Waals surface area contributed by atoms with Crippen LogP contribution in [0.2, 0.25) is 10.0 Å². The van der Waals surface area contributed by atoms with Gasteiger partial charge in [0.15, 0.2) is 0 Å². The first-order valence-electron chi connectivity index (χ1n) is 7.09. The SMILES string of the molecule is CC[C@@H]1C[C@@H](CC(=O)Nc2ccc(Cl)c(Cl)c2)C1(C)C. The first kappa shape index (κ1) is 15.7. The predicted molar refractivity (Wildman–Crippen MR) is 85.4 cm³/mol. The zero-order valence-electron chi connectivity index (χ0n) is 12.2. The highest BCUT2D eigenvalue weighted by Crippen LogP contribution is 2.54. The third-order valence-electron chi connectivity index (χ3n) is 4.80. The molecule has 1 fully saturated rings. The fourth-order valence-corrected chi connectivity index (χ4v) is 3.47. The van der Waals surface area contributed by atoms with Crippen molar-refractivity contribution in [2.45, 2.75) is 40.0 Å². The molecule has 20 heavy (non-hydrogen) atoms. The van der Waals surface area contributed by atoms with Crippen LogP contribution in [0.3, 0.4) is 0 Å². The molecule has 0 heterocycles. The van der Waals surface area contributed by atoms with Crippen molar-refractivity contribution in [3.05, 3.63) is 28.2 Å². The third kappa shape index (κ3) is 3.12. The van der Waals surface area contributed by atoms with Crippen LogP contribution in [0.25, 0.3) is 0 Å². The molecule has 1 aromatic rings. The van der Waals surface area contributed by atoms with Gasteiger partial charge in [0.2, 0.25) is 5.91 Å². The lowest BCUT2D eigenvalue weighted by Gasteiger charge is -2.52. The monoisotopic (exact) mass is 313 g/mol. The molecular weight excluding hydrogens is 293 g/mol. The Morgan fingerprint density at radius 3 is 2.55 bits per heavy atom. The molecule has 1 saturated carbocycles. The van der Waals surface area contributed by atoms with Gasteiger partial charge in [-0.3, -0.25) is 4.79 Å². The minimum Gasteiger partial charge on any atom is -0.326 e. The van der Waals surface area contributed by atoms with E-state index in [9.17, 15) is 4.79 Å². The minimum atomic E-state index is 0.0519. The number of amides is 1. The summed E-state index contributed by atoms with van der Waals surface area (Å²) in [5.41, 5.74) is 0.970. The number of carbonyl (C=O) groups excluding carboxylic acids is 1. The van der Waals surface area contributed by atoms with Gasteiger partial charge in [0.25, 0.3) is 0 Å². The second kappa shape index (κ2) is 5.95. The Bertz CT molecular complexity index is 513. The average Bonchev–Trinajstić information content (AvgIpc) is 2.38. The van der Waals surface area contributed by atoms with Crippen molar-refractivity contribution in [1.82, 2.24) is 0 Å². The molecular formula is C16H21Cl2NO. The molecule has 1 aromatic carbocycles. The summed E-state index contributed by atoms with van der Waals surface area (Å²) in [6, 6.07) is 5.15. The van der Waals surface area contributed by atoms with Gasteiger partial charge in [-0.2, -0.15) is 0 Å². The smallest absolute Gasteiger partial charge is 0.224 e. The summed E-state index contributed by atoms with van der Waals surface area (Å²) in [6.07, 6.45) is 2.92. The molecule has 0 aliphatic heterocycles. The average molecular weight is 314 g/mol. The van der Waals surface area contributed by atoms with Crippen LogP contribution in [0, 0.1) is 17.3 Å². The molecule has 1 aliphatic carbocycles. The lowest BCUT2D eigenvalue weighted by Crippen LogP contribution is -2.45. The molecule has 0 unspecified atom stereocenters. The molecule has 1 N–H and O–H groups in total. The normalized spacial score (nSPS) is 24.1. The van der Waals surface area contributed by atoms with E-state index in [-0.39, 0.29) is 11.3 Å². The van der Waals surface area contributed by atoms with E-state index in [0.29, 0.717) is 28.1 Å². The summed E-state index contributed by atoms with van der Waals surface area (Å²) in [5, 5.41) is 3.85. The highest BCUT2D eigenvalue weighted by atomic mass is 35.5. The zero-order chi connectivity index (χ0) is 14.9. The number of hydrogen-bond donors (Lipinski definition) is 1.